The van der Waals surface area contributed by atoms with E-state index in [9.17, 15) is 0 Å². The van der Waals surface area contributed by atoms with E-state index in [2.05, 4.69) is 35.7 Å². The van der Waals surface area contributed by atoms with Crippen LogP contribution in [0.15, 0.2) is 48.5 Å². The van der Waals surface area contributed by atoms with Gasteiger partial charge in [-0.3, -0.25) is 4.84 Å². The first kappa shape index (κ1) is 15.3. The van der Waals surface area contributed by atoms with Crippen molar-refractivity contribution in [3.05, 3.63) is 59.7 Å². The van der Waals surface area contributed by atoms with E-state index in [4.69, 9.17) is 10.1 Å². The van der Waals surface area contributed by atoms with Gasteiger partial charge in [0.25, 0.3) is 0 Å². The molecule has 0 unspecified atom stereocenters. The van der Waals surface area contributed by atoms with Gasteiger partial charge in [0.05, 0.1) is 18.2 Å². The number of nitriles is 1. The van der Waals surface area contributed by atoms with Crippen molar-refractivity contribution in [1.82, 2.24) is 10.4 Å². The minimum absolute atomic E-state index is 0.380. The van der Waals surface area contributed by atoms with Gasteiger partial charge in [0.2, 0.25) is 0 Å². The van der Waals surface area contributed by atoms with Crippen LogP contribution >= 0.6 is 0 Å². The van der Waals surface area contributed by atoms with Crippen molar-refractivity contribution in [2.75, 3.05) is 20.2 Å². The van der Waals surface area contributed by atoms with E-state index in [0.717, 1.165) is 25.1 Å². The number of nitrogens with one attached hydrogen (secondary N) is 1. The lowest BCUT2D eigenvalue weighted by atomic mass is 9.87. The summed E-state index contributed by atoms with van der Waals surface area (Å²) < 4.78 is 0. The highest BCUT2D eigenvalue weighted by Crippen LogP contribution is 2.33. The fourth-order valence-electron chi connectivity index (χ4n) is 3.77. The number of hydrogen-bond acceptors (Lipinski definition) is 4. The van der Waals surface area contributed by atoms with E-state index in [1.807, 2.05) is 36.4 Å². The molecule has 1 N–H and O–H groups in total. The average molecular weight is 319 g/mol. The van der Waals surface area contributed by atoms with Crippen molar-refractivity contribution in [3.8, 4) is 17.2 Å². The molecule has 0 spiro atoms. The molecule has 0 amide bonds. The number of piperidine rings is 1. The van der Waals surface area contributed by atoms with Gasteiger partial charge in [-0.25, -0.2) is 0 Å². The molecule has 4 heteroatoms. The lowest BCUT2D eigenvalue weighted by Crippen LogP contribution is -2.44. The van der Waals surface area contributed by atoms with Crippen LogP contribution in [0.5, 0.6) is 0 Å². The summed E-state index contributed by atoms with van der Waals surface area (Å²) >= 11 is 0. The quantitative estimate of drug-likeness (QED) is 0.924. The highest BCUT2D eigenvalue weighted by Gasteiger charge is 2.38. The van der Waals surface area contributed by atoms with Crippen LogP contribution in [-0.4, -0.2) is 31.3 Å². The Bertz CT molecular complexity index is 748. The summed E-state index contributed by atoms with van der Waals surface area (Å²) in [5.74, 6) is 0.601. The first-order chi connectivity index (χ1) is 11.7. The van der Waals surface area contributed by atoms with E-state index in [1.54, 1.807) is 0 Å². The first-order valence-corrected chi connectivity index (χ1v) is 8.44. The molecule has 0 saturated carbocycles. The van der Waals surface area contributed by atoms with Gasteiger partial charge in [0.1, 0.15) is 0 Å². The third-order valence-electron chi connectivity index (χ3n) is 5.27. The summed E-state index contributed by atoms with van der Waals surface area (Å²) in [7, 11) is 2.04. The van der Waals surface area contributed by atoms with E-state index >= 15 is 0 Å². The van der Waals surface area contributed by atoms with E-state index in [0.29, 0.717) is 23.6 Å². The molecule has 122 valence electrons. The highest BCUT2D eigenvalue weighted by molar-refractivity contribution is 5.64. The second-order valence-corrected chi connectivity index (χ2v) is 6.68. The molecule has 0 bridgehead atoms. The van der Waals surface area contributed by atoms with Gasteiger partial charge in [0.15, 0.2) is 0 Å². The fourth-order valence-corrected chi connectivity index (χ4v) is 3.77. The summed E-state index contributed by atoms with van der Waals surface area (Å²) in [6, 6.07) is 19.5. The number of hydrogen-bond donors (Lipinski definition) is 1. The van der Waals surface area contributed by atoms with Crippen molar-refractivity contribution in [3.63, 3.8) is 0 Å². The molecule has 2 aromatic carbocycles. The Hall–Kier alpha value is -2.19. The number of hydroxylamine groups is 2. The van der Waals surface area contributed by atoms with Gasteiger partial charge < -0.3 is 5.32 Å². The Balaban J connectivity index is 1.50. The van der Waals surface area contributed by atoms with Crippen LogP contribution in [0.3, 0.4) is 0 Å². The van der Waals surface area contributed by atoms with Crippen molar-refractivity contribution >= 4 is 0 Å². The lowest BCUT2D eigenvalue weighted by molar-refractivity contribution is -0.112. The SMILES string of the molecule is CN1OC[C@@H]2CN[C@H](c3ccc(-c4ccc(C#N)cc4)cc3)C[C@@H]21. The van der Waals surface area contributed by atoms with Crippen molar-refractivity contribution < 1.29 is 4.84 Å². The molecule has 24 heavy (non-hydrogen) atoms. The summed E-state index contributed by atoms with van der Waals surface area (Å²) in [4.78, 5) is 5.65. The van der Waals surface area contributed by atoms with E-state index < -0.39 is 0 Å². The molecule has 2 aliphatic heterocycles. The van der Waals surface area contributed by atoms with Crippen molar-refractivity contribution in [2.45, 2.75) is 18.5 Å². The summed E-state index contributed by atoms with van der Waals surface area (Å²) in [6.07, 6.45) is 1.08. The third kappa shape index (κ3) is 2.83. The fraction of sp³-hybridized carbons (Fsp3) is 0.350. The number of rotatable bonds is 2. The predicted molar refractivity (Wildman–Crippen MR) is 92.9 cm³/mol. The minimum Gasteiger partial charge on any atom is -0.309 e. The molecule has 3 atom stereocenters. The Morgan fingerprint density at radius 3 is 2.42 bits per heavy atom. The lowest BCUT2D eigenvalue weighted by Gasteiger charge is -2.34. The third-order valence-corrected chi connectivity index (χ3v) is 5.27. The summed E-state index contributed by atoms with van der Waals surface area (Å²) in [5, 5.41) is 14.6. The van der Waals surface area contributed by atoms with E-state index in [1.165, 1.54) is 11.1 Å². The highest BCUT2D eigenvalue weighted by atomic mass is 16.7. The second kappa shape index (κ2) is 6.37. The zero-order valence-corrected chi connectivity index (χ0v) is 13.8. The predicted octanol–water partition coefficient (Wildman–Crippen LogP) is 3.12. The van der Waals surface area contributed by atoms with Crippen LogP contribution in [0.2, 0.25) is 0 Å². The maximum atomic E-state index is 8.89. The van der Waals surface area contributed by atoms with Crippen LogP contribution in [0.4, 0.5) is 0 Å². The van der Waals surface area contributed by atoms with Gasteiger partial charge in [-0.15, -0.1) is 0 Å². The Labute approximate surface area is 142 Å². The molecule has 2 aliphatic rings. The Kier molecular flexibility index (Phi) is 4.07. The smallest absolute Gasteiger partial charge is 0.0991 e. The summed E-state index contributed by atoms with van der Waals surface area (Å²) in [6.45, 7) is 1.84. The molecule has 0 aliphatic carbocycles. The maximum Gasteiger partial charge on any atom is 0.0991 e. The number of nitrogens with zero attached hydrogens (tertiary/aromatic N) is 2. The van der Waals surface area contributed by atoms with Crippen molar-refractivity contribution in [1.29, 1.82) is 5.26 Å². The first-order valence-electron chi connectivity index (χ1n) is 8.44. The molecule has 2 heterocycles. The molecule has 4 rings (SSSR count). The van der Waals surface area contributed by atoms with Gasteiger partial charge >= 0.3 is 0 Å². The molecular weight excluding hydrogens is 298 g/mol. The van der Waals surface area contributed by atoms with E-state index in [-0.39, 0.29) is 0 Å². The van der Waals surface area contributed by atoms with Gasteiger partial charge in [0, 0.05) is 31.6 Å². The maximum absolute atomic E-state index is 8.89. The standard InChI is InChI=1S/C20H21N3O/c1-23-20-10-19(22-12-18(20)13-24-23)17-8-6-16(7-9-17)15-4-2-14(11-21)3-5-15/h2-9,18-20,22H,10,12-13H2,1H3/t18-,19-,20-/m0/s1. The van der Waals surface area contributed by atoms with Crippen LogP contribution in [-0.2, 0) is 4.84 Å². The number of fused-ring (bicyclic) bond motifs is 1. The second-order valence-electron chi connectivity index (χ2n) is 6.68. The van der Waals surface area contributed by atoms with Crippen LogP contribution in [0, 0.1) is 17.2 Å². The van der Waals surface area contributed by atoms with Crippen LogP contribution in [0.25, 0.3) is 11.1 Å². The molecule has 2 fully saturated rings. The molecule has 0 radical (unpaired) electrons. The van der Waals surface area contributed by atoms with Gasteiger partial charge in [-0.05, 0) is 35.2 Å². The molecule has 4 nitrogen and oxygen atoms in total. The largest absolute Gasteiger partial charge is 0.309 e. The zero-order valence-electron chi connectivity index (χ0n) is 13.8. The number of benzene rings is 2. The summed E-state index contributed by atoms with van der Waals surface area (Å²) in [5.41, 5.74) is 4.34. The average Bonchev–Trinajstić information content (AvgIpc) is 3.02. The topological polar surface area (TPSA) is 48.3 Å². The zero-order chi connectivity index (χ0) is 16.5. The molecule has 2 saturated heterocycles. The van der Waals surface area contributed by atoms with Gasteiger partial charge in [-0.1, -0.05) is 36.4 Å². The Morgan fingerprint density at radius 1 is 1.08 bits per heavy atom. The minimum atomic E-state index is 0.380. The van der Waals surface area contributed by atoms with Crippen molar-refractivity contribution in [2.24, 2.45) is 5.92 Å². The van der Waals surface area contributed by atoms with Crippen LogP contribution < -0.4 is 5.32 Å². The molecule has 0 aromatic heterocycles. The molecule has 2 aromatic rings. The Morgan fingerprint density at radius 2 is 1.75 bits per heavy atom. The van der Waals surface area contributed by atoms with Gasteiger partial charge in [-0.2, -0.15) is 10.3 Å². The normalized spacial score (nSPS) is 26.8. The van der Waals surface area contributed by atoms with Crippen LogP contribution in [0.1, 0.15) is 23.6 Å². The molecular formula is C20H21N3O. The monoisotopic (exact) mass is 319 g/mol.